The minimum atomic E-state index is -2.56. The fourth-order valence-corrected chi connectivity index (χ4v) is 1.54. The average molecular weight is 261 g/mol. The van der Waals surface area contributed by atoms with E-state index in [9.17, 15) is 8.76 Å². The molecule has 1 aromatic rings. The molecule has 0 heterocycles. The molecule has 1 aromatic carbocycles. The summed E-state index contributed by atoms with van der Waals surface area (Å²) in [6.45, 7) is 1.84. The summed E-state index contributed by atoms with van der Waals surface area (Å²) in [5, 5.41) is 18.4. The Kier molecular flexibility index (Phi) is 5.03. The van der Waals surface area contributed by atoms with Crippen LogP contribution in [0.5, 0.6) is 0 Å². The van der Waals surface area contributed by atoms with Crippen LogP contribution in [0, 0.1) is 29.6 Å². The third-order valence-corrected chi connectivity index (χ3v) is 2.30. The maximum absolute atomic E-state index is 10.7. The van der Waals surface area contributed by atoms with E-state index in [1.54, 1.807) is 30.3 Å². The maximum atomic E-state index is 10.7. The molecule has 0 saturated carbocycles. The molecule has 0 fully saturated rings. The Hall–Kier alpha value is -2.19. The van der Waals surface area contributed by atoms with Crippen LogP contribution in [-0.4, -0.2) is 8.76 Å². The fraction of sp³-hybridized carbons (Fsp3) is 0.0909. The quantitative estimate of drug-likeness (QED) is 0.495. The first-order chi connectivity index (χ1) is 8.56. The fourth-order valence-electron chi connectivity index (χ4n) is 1.22. The lowest BCUT2D eigenvalue weighted by atomic mass is 10.2. The largest absolute Gasteiger partial charge is 0.759 e. The van der Waals surface area contributed by atoms with Crippen molar-refractivity contribution in [2.45, 2.75) is 6.92 Å². The van der Waals surface area contributed by atoms with Crippen LogP contribution in [0.25, 0.3) is 0 Å². The van der Waals surface area contributed by atoms with Gasteiger partial charge in [-0.05, 0) is 24.6 Å². The van der Waals surface area contributed by atoms with Gasteiger partial charge in [-0.15, -0.1) is 0 Å². The highest BCUT2D eigenvalue weighted by molar-refractivity contribution is 7.77. The number of hydrogen-bond acceptors (Lipinski definition) is 5. The van der Waals surface area contributed by atoms with E-state index in [0.29, 0.717) is 5.69 Å². The van der Waals surface area contributed by atoms with Crippen LogP contribution >= 0.6 is 0 Å². The first-order valence-corrected chi connectivity index (χ1v) is 5.88. The Bertz CT molecular complexity index is 555. The molecule has 7 heteroatoms. The van der Waals surface area contributed by atoms with Crippen LogP contribution < -0.4 is 9.84 Å². The van der Waals surface area contributed by atoms with Crippen molar-refractivity contribution in [1.82, 2.24) is 4.83 Å². The summed E-state index contributed by atoms with van der Waals surface area (Å²) in [4.78, 5) is 2.09. The number of aryl methyl sites for hydroxylation is 1. The number of nitrogens with zero attached hydrogens (tertiary/aromatic N) is 3. The highest BCUT2D eigenvalue weighted by atomic mass is 32.2. The lowest BCUT2D eigenvalue weighted by molar-refractivity contribution is 0.523. The second-order valence-electron chi connectivity index (χ2n) is 3.30. The van der Waals surface area contributed by atoms with Gasteiger partial charge in [0.25, 0.3) is 0 Å². The number of allylic oxidation sites excluding steroid dienone is 1. The molecule has 0 aliphatic heterocycles. The summed E-state index contributed by atoms with van der Waals surface area (Å²) in [6.07, 6.45) is 1.12. The van der Waals surface area contributed by atoms with E-state index in [-0.39, 0.29) is 5.57 Å². The average Bonchev–Trinajstić information content (AvgIpc) is 2.34. The topological polar surface area (TPSA) is 103 Å². The van der Waals surface area contributed by atoms with E-state index in [4.69, 9.17) is 10.5 Å². The monoisotopic (exact) mass is 261 g/mol. The van der Waals surface area contributed by atoms with Crippen LogP contribution in [-0.2, 0) is 11.3 Å². The summed E-state index contributed by atoms with van der Waals surface area (Å²) in [5.41, 5.74) is 1.21. The zero-order chi connectivity index (χ0) is 13.5. The molecule has 0 aliphatic carbocycles. The molecule has 6 nitrogen and oxygen atoms in total. The molecule has 1 atom stereocenters. The summed E-state index contributed by atoms with van der Waals surface area (Å²) < 4.78 is 21.4. The summed E-state index contributed by atoms with van der Waals surface area (Å²) in [5.74, 6) is 0. The lowest BCUT2D eigenvalue weighted by Gasteiger charge is -2.22. The van der Waals surface area contributed by atoms with Gasteiger partial charge in [-0.25, -0.2) is 0 Å². The number of hydrogen-bond donors (Lipinski definition) is 1. The highest BCUT2D eigenvalue weighted by Gasteiger charge is 2.05. The summed E-state index contributed by atoms with van der Waals surface area (Å²) in [6, 6.07) is 10.3. The molecular formula is C11H9N4O2S-. The van der Waals surface area contributed by atoms with Gasteiger partial charge in [-0.2, -0.15) is 15.4 Å². The van der Waals surface area contributed by atoms with Gasteiger partial charge >= 0.3 is 0 Å². The van der Waals surface area contributed by atoms with Gasteiger partial charge in [0, 0.05) is 11.3 Å². The lowest BCUT2D eigenvalue weighted by Crippen LogP contribution is -2.35. The van der Waals surface area contributed by atoms with E-state index in [1.807, 2.05) is 13.0 Å². The number of nitrogens with one attached hydrogen (secondary N) is 1. The van der Waals surface area contributed by atoms with E-state index >= 15 is 0 Å². The number of nitriles is 2. The molecule has 0 saturated heterocycles. The third-order valence-electron chi connectivity index (χ3n) is 1.95. The molecular weight excluding hydrogens is 252 g/mol. The highest BCUT2D eigenvalue weighted by Crippen LogP contribution is 2.15. The first-order valence-electron chi connectivity index (χ1n) is 4.80. The molecule has 1 rings (SSSR count). The Labute approximate surface area is 107 Å². The molecule has 0 amide bonds. The molecule has 18 heavy (non-hydrogen) atoms. The van der Waals surface area contributed by atoms with Gasteiger partial charge in [0.05, 0.1) is 11.9 Å². The van der Waals surface area contributed by atoms with Crippen LogP contribution in [0.4, 0.5) is 5.69 Å². The number of benzene rings is 1. The van der Waals surface area contributed by atoms with E-state index in [0.717, 1.165) is 16.8 Å². The van der Waals surface area contributed by atoms with Crippen LogP contribution in [0.2, 0.25) is 0 Å². The van der Waals surface area contributed by atoms with Crippen LogP contribution in [0.15, 0.2) is 36.0 Å². The minimum absolute atomic E-state index is 0.213. The smallest absolute Gasteiger partial charge is 0.147 e. The SMILES string of the molecule is Cc1cccc(N(C=C(C#N)C#N)NS(=O)[O-])c1. The van der Waals surface area contributed by atoms with Crippen molar-refractivity contribution in [2.75, 3.05) is 5.01 Å². The number of anilines is 1. The van der Waals surface area contributed by atoms with Gasteiger partial charge < -0.3 is 4.55 Å². The van der Waals surface area contributed by atoms with Crippen molar-refractivity contribution in [3.05, 3.63) is 41.6 Å². The normalized spacial score (nSPS) is 10.9. The Morgan fingerprint density at radius 3 is 2.67 bits per heavy atom. The second kappa shape index (κ2) is 6.52. The predicted molar refractivity (Wildman–Crippen MR) is 65.0 cm³/mol. The van der Waals surface area contributed by atoms with Crippen molar-refractivity contribution in [3.63, 3.8) is 0 Å². The zero-order valence-corrected chi connectivity index (χ0v) is 10.3. The van der Waals surface area contributed by atoms with Crippen molar-refractivity contribution in [1.29, 1.82) is 10.5 Å². The van der Waals surface area contributed by atoms with Crippen molar-refractivity contribution in [2.24, 2.45) is 0 Å². The van der Waals surface area contributed by atoms with E-state index in [1.165, 1.54) is 0 Å². The minimum Gasteiger partial charge on any atom is -0.759 e. The molecule has 1 N–H and O–H groups in total. The third kappa shape index (κ3) is 4.00. The van der Waals surface area contributed by atoms with Crippen molar-refractivity contribution >= 4 is 17.0 Å². The van der Waals surface area contributed by atoms with E-state index < -0.39 is 11.3 Å². The van der Waals surface area contributed by atoms with Crippen molar-refractivity contribution < 1.29 is 8.76 Å². The number of rotatable bonds is 4. The Morgan fingerprint density at radius 1 is 1.50 bits per heavy atom. The molecule has 0 spiro atoms. The van der Waals surface area contributed by atoms with Gasteiger partial charge in [0.1, 0.15) is 17.7 Å². The molecule has 1 unspecified atom stereocenters. The van der Waals surface area contributed by atoms with E-state index in [2.05, 4.69) is 4.83 Å². The van der Waals surface area contributed by atoms with Gasteiger partial charge in [-0.1, -0.05) is 12.1 Å². The van der Waals surface area contributed by atoms with Crippen LogP contribution in [0.3, 0.4) is 0 Å². The molecule has 92 valence electrons. The van der Waals surface area contributed by atoms with Gasteiger partial charge in [-0.3, -0.25) is 9.22 Å². The predicted octanol–water partition coefficient (Wildman–Crippen LogP) is 1.03. The molecule has 0 aromatic heterocycles. The van der Waals surface area contributed by atoms with Crippen molar-refractivity contribution in [3.8, 4) is 12.1 Å². The zero-order valence-electron chi connectivity index (χ0n) is 9.45. The molecule has 0 aliphatic rings. The molecule has 0 radical (unpaired) electrons. The summed E-state index contributed by atoms with van der Waals surface area (Å²) in [7, 11) is 0. The Balaban J connectivity index is 3.15. The standard InChI is InChI=1S/C11H10N4O2S/c1-9-3-2-4-11(5-9)15(14-18(16)17)8-10(6-12)7-13/h2-5,8,14H,1H3,(H,16,17)/p-1. The second-order valence-corrected chi connectivity index (χ2v) is 3.95. The Morgan fingerprint density at radius 2 is 2.17 bits per heavy atom. The van der Waals surface area contributed by atoms with Gasteiger partial charge in [0.2, 0.25) is 0 Å². The summed E-state index contributed by atoms with van der Waals surface area (Å²) >= 11 is -2.56. The van der Waals surface area contributed by atoms with Crippen LogP contribution in [0.1, 0.15) is 5.56 Å². The number of hydrazine groups is 1. The van der Waals surface area contributed by atoms with Gasteiger partial charge in [0.15, 0.2) is 0 Å². The first kappa shape index (κ1) is 13.9. The maximum Gasteiger partial charge on any atom is 0.147 e. The molecule has 0 bridgehead atoms.